The number of carboxylic acid groups (broad SMARTS) is 2. The Hall–Kier alpha value is -2.65. The molecule has 0 radical (unpaired) electrons. The predicted octanol–water partition coefficient (Wildman–Crippen LogP) is -0.941. The fraction of sp³-hybridized carbons (Fsp3) is 0.444. The van der Waals surface area contributed by atoms with Gasteiger partial charge in [0.2, 0.25) is 5.89 Å². The molecular weight excluding hydrogens is 260 g/mol. The van der Waals surface area contributed by atoms with E-state index in [4.69, 9.17) is 14.7 Å². The number of urea groups is 1. The van der Waals surface area contributed by atoms with E-state index in [9.17, 15) is 14.4 Å². The van der Waals surface area contributed by atoms with Gasteiger partial charge in [0.05, 0.1) is 6.54 Å². The van der Waals surface area contributed by atoms with Crippen molar-refractivity contribution < 1.29 is 29.1 Å². The molecule has 0 aliphatic rings. The first kappa shape index (κ1) is 14.4. The Morgan fingerprint density at radius 1 is 1.26 bits per heavy atom. The van der Waals surface area contributed by atoms with Gasteiger partial charge in [0.25, 0.3) is 0 Å². The van der Waals surface area contributed by atoms with Crippen molar-refractivity contribution in [2.45, 2.75) is 13.5 Å². The van der Waals surface area contributed by atoms with Gasteiger partial charge in [-0.15, -0.1) is 0 Å². The van der Waals surface area contributed by atoms with Gasteiger partial charge in [-0.05, 0) is 6.92 Å². The van der Waals surface area contributed by atoms with Gasteiger partial charge in [0, 0.05) is 0 Å². The first-order valence-corrected chi connectivity index (χ1v) is 5.14. The fourth-order valence-corrected chi connectivity index (χ4v) is 1.20. The van der Waals surface area contributed by atoms with Crippen molar-refractivity contribution in [2.24, 2.45) is 0 Å². The Bertz CT molecular complexity index is 469. The number of hydrogen-bond donors (Lipinski definition) is 3. The van der Waals surface area contributed by atoms with Gasteiger partial charge >= 0.3 is 18.0 Å². The molecular formula is C9H12N4O6. The first-order chi connectivity index (χ1) is 8.88. The van der Waals surface area contributed by atoms with Crippen LogP contribution in [0.1, 0.15) is 11.7 Å². The fourth-order valence-electron chi connectivity index (χ4n) is 1.20. The summed E-state index contributed by atoms with van der Waals surface area (Å²) in [5.41, 5.74) is 0. The zero-order valence-electron chi connectivity index (χ0n) is 9.99. The molecule has 0 unspecified atom stereocenters. The molecule has 10 heteroatoms. The summed E-state index contributed by atoms with van der Waals surface area (Å²) in [5, 5.41) is 22.9. The molecule has 1 heterocycles. The van der Waals surface area contributed by atoms with Crippen molar-refractivity contribution in [3.63, 3.8) is 0 Å². The number of aryl methyl sites for hydroxylation is 1. The zero-order chi connectivity index (χ0) is 14.4. The lowest BCUT2D eigenvalue weighted by Gasteiger charge is -2.18. The summed E-state index contributed by atoms with van der Waals surface area (Å²) in [6.07, 6.45) is 0. The number of hydrogen-bond acceptors (Lipinski definition) is 6. The van der Waals surface area contributed by atoms with Crippen LogP contribution in [0.2, 0.25) is 0 Å². The highest BCUT2D eigenvalue weighted by Gasteiger charge is 2.19. The van der Waals surface area contributed by atoms with E-state index in [2.05, 4.69) is 15.5 Å². The van der Waals surface area contributed by atoms with Crippen molar-refractivity contribution in [1.29, 1.82) is 0 Å². The molecule has 0 saturated heterocycles. The predicted molar refractivity (Wildman–Crippen MR) is 58.1 cm³/mol. The van der Waals surface area contributed by atoms with Crippen LogP contribution in [0.25, 0.3) is 0 Å². The van der Waals surface area contributed by atoms with E-state index in [-0.39, 0.29) is 12.4 Å². The molecule has 104 valence electrons. The second-order valence-electron chi connectivity index (χ2n) is 3.54. The van der Waals surface area contributed by atoms with Crippen LogP contribution in [0.15, 0.2) is 4.52 Å². The standard InChI is InChI=1S/C9H12N4O6/c1-5-11-6(19-12-5)2-10-9(18)13(3-7(14)15)4-8(16)17/h2-4H2,1H3,(H,10,18)(H,14,15)(H,16,17). The summed E-state index contributed by atoms with van der Waals surface area (Å²) in [5.74, 6) is -2.11. The monoisotopic (exact) mass is 272 g/mol. The van der Waals surface area contributed by atoms with Crippen LogP contribution in [0.3, 0.4) is 0 Å². The van der Waals surface area contributed by atoms with Crippen molar-refractivity contribution in [3.05, 3.63) is 11.7 Å². The average molecular weight is 272 g/mol. The summed E-state index contributed by atoms with van der Waals surface area (Å²) in [4.78, 5) is 37.1. The number of carboxylic acids is 2. The quantitative estimate of drug-likeness (QED) is 0.601. The highest BCUT2D eigenvalue weighted by Crippen LogP contribution is 1.96. The van der Waals surface area contributed by atoms with Gasteiger partial charge in [0.15, 0.2) is 5.82 Å². The van der Waals surface area contributed by atoms with E-state index in [1.54, 1.807) is 6.92 Å². The smallest absolute Gasteiger partial charge is 0.323 e. The molecule has 0 atom stereocenters. The second-order valence-corrected chi connectivity index (χ2v) is 3.54. The molecule has 0 aromatic carbocycles. The number of rotatable bonds is 6. The minimum Gasteiger partial charge on any atom is -0.480 e. The minimum atomic E-state index is -1.31. The van der Waals surface area contributed by atoms with Crippen molar-refractivity contribution >= 4 is 18.0 Å². The van der Waals surface area contributed by atoms with E-state index in [0.717, 1.165) is 0 Å². The minimum absolute atomic E-state index is 0.116. The van der Waals surface area contributed by atoms with Crippen molar-refractivity contribution in [2.75, 3.05) is 13.1 Å². The normalized spacial score (nSPS) is 9.95. The Balaban J connectivity index is 2.55. The lowest BCUT2D eigenvalue weighted by Crippen LogP contribution is -2.45. The van der Waals surface area contributed by atoms with Crippen LogP contribution >= 0.6 is 0 Å². The highest BCUT2D eigenvalue weighted by atomic mass is 16.5. The summed E-state index contributed by atoms with van der Waals surface area (Å²) in [7, 11) is 0. The van der Waals surface area contributed by atoms with E-state index >= 15 is 0 Å². The molecule has 2 amide bonds. The Labute approximate surface area is 107 Å². The van der Waals surface area contributed by atoms with Crippen LogP contribution in [-0.4, -0.2) is 56.3 Å². The first-order valence-electron chi connectivity index (χ1n) is 5.14. The Morgan fingerprint density at radius 3 is 2.26 bits per heavy atom. The lowest BCUT2D eigenvalue weighted by molar-refractivity contribution is -0.140. The van der Waals surface area contributed by atoms with Gasteiger partial charge in [-0.1, -0.05) is 5.16 Å². The number of carbonyl (C=O) groups is 3. The molecule has 1 aromatic heterocycles. The molecule has 19 heavy (non-hydrogen) atoms. The maximum absolute atomic E-state index is 11.6. The van der Waals surface area contributed by atoms with Gasteiger partial charge in [-0.3, -0.25) is 9.59 Å². The second kappa shape index (κ2) is 6.33. The van der Waals surface area contributed by atoms with E-state index < -0.39 is 31.1 Å². The van der Waals surface area contributed by atoms with Crippen LogP contribution in [0.5, 0.6) is 0 Å². The van der Waals surface area contributed by atoms with Crippen LogP contribution in [0.4, 0.5) is 4.79 Å². The topological polar surface area (TPSA) is 146 Å². The zero-order valence-corrected chi connectivity index (χ0v) is 9.99. The van der Waals surface area contributed by atoms with Crippen molar-refractivity contribution in [1.82, 2.24) is 20.4 Å². The van der Waals surface area contributed by atoms with E-state index in [1.807, 2.05) is 0 Å². The number of carbonyl (C=O) groups excluding carboxylic acids is 1. The van der Waals surface area contributed by atoms with Gasteiger partial charge in [0.1, 0.15) is 13.1 Å². The largest absolute Gasteiger partial charge is 0.480 e. The number of aliphatic carboxylic acids is 2. The van der Waals surface area contributed by atoms with E-state index in [1.165, 1.54) is 0 Å². The average Bonchev–Trinajstić information content (AvgIpc) is 2.70. The summed E-state index contributed by atoms with van der Waals surface area (Å²) < 4.78 is 4.73. The number of amides is 2. The highest BCUT2D eigenvalue weighted by molar-refractivity contribution is 5.83. The number of nitrogens with one attached hydrogen (secondary N) is 1. The third-order valence-corrected chi connectivity index (χ3v) is 1.90. The lowest BCUT2D eigenvalue weighted by atomic mass is 10.5. The number of nitrogens with zero attached hydrogens (tertiary/aromatic N) is 3. The molecule has 0 saturated carbocycles. The van der Waals surface area contributed by atoms with Gasteiger partial charge in [-0.25, -0.2) is 4.79 Å². The Morgan fingerprint density at radius 2 is 1.84 bits per heavy atom. The van der Waals surface area contributed by atoms with Crippen LogP contribution in [0, 0.1) is 6.92 Å². The maximum Gasteiger partial charge on any atom is 0.323 e. The van der Waals surface area contributed by atoms with Gasteiger partial charge < -0.3 is 25.0 Å². The Kier molecular flexibility index (Phi) is 4.80. The molecule has 1 rings (SSSR count). The molecule has 0 bridgehead atoms. The van der Waals surface area contributed by atoms with Crippen molar-refractivity contribution in [3.8, 4) is 0 Å². The molecule has 0 spiro atoms. The van der Waals surface area contributed by atoms with Crippen LogP contribution in [-0.2, 0) is 16.1 Å². The molecule has 0 aliphatic carbocycles. The molecule has 10 nitrogen and oxygen atoms in total. The third-order valence-electron chi connectivity index (χ3n) is 1.90. The molecule has 0 fully saturated rings. The molecule has 3 N–H and O–H groups in total. The van der Waals surface area contributed by atoms with Crippen LogP contribution < -0.4 is 5.32 Å². The molecule has 0 aliphatic heterocycles. The third kappa shape index (κ3) is 5.02. The summed E-state index contributed by atoms with van der Waals surface area (Å²) in [6.45, 7) is 0.0351. The maximum atomic E-state index is 11.6. The summed E-state index contributed by atoms with van der Waals surface area (Å²) in [6, 6.07) is -0.847. The SMILES string of the molecule is Cc1noc(CNC(=O)N(CC(=O)O)CC(=O)O)n1. The van der Waals surface area contributed by atoms with E-state index in [0.29, 0.717) is 10.7 Å². The summed E-state index contributed by atoms with van der Waals surface area (Å²) >= 11 is 0. The van der Waals surface area contributed by atoms with Gasteiger partial charge in [-0.2, -0.15) is 4.98 Å². The molecule has 1 aromatic rings. The number of aromatic nitrogens is 2.